The predicted octanol–water partition coefficient (Wildman–Crippen LogP) is 8.18. The van der Waals surface area contributed by atoms with Crippen molar-refractivity contribution in [3.05, 3.63) is 117 Å². The van der Waals surface area contributed by atoms with Gasteiger partial charge in [0.05, 0.1) is 5.56 Å². The summed E-state index contributed by atoms with van der Waals surface area (Å²) in [6.07, 6.45) is 4.00. The van der Waals surface area contributed by atoms with Gasteiger partial charge >= 0.3 is 0 Å². The van der Waals surface area contributed by atoms with Gasteiger partial charge in [0.1, 0.15) is 29.3 Å². The van der Waals surface area contributed by atoms with Crippen LogP contribution in [0, 0.1) is 34.6 Å². The van der Waals surface area contributed by atoms with Gasteiger partial charge in [-0.25, -0.2) is 17.6 Å². The van der Waals surface area contributed by atoms with Gasteiger partial charge in [0.25, 0.3) is 0 Å². The standard InChI is InChI=1S/C31H27F4N/c1-2-3-4-22-17-29(33)27(30(34)18-22)14-8-20-7-13-26-24(15-20)12-11-23(31(26)35)9-5-21-6-10-25(19-36)28(32)16-21/h6-7,10-13,15-18H,2-5,8-9,14H2,1H3. The summed E-state index contributed by atoms with van der Waals surface area (Å²) in [6, 6.07) is 18.0. The Morgan fingerprint density at radius 3 is 2.03 bits per heavy atom. The van der Waals surface area contributed by atoms with Crippen LogP contribution >= 0.6 is 0 Å². The van der Waals surface area contributed by atoms with Crippen LogP contribution < -0.4 is 0 Å². The Morgan fingerprint density at radius 2 is 1.33 bits per heavy atom. The van der Waals surface area contributed by atoms with Gasteiger partial charge in [0.2, 0.25) is 0 Å². The van der Waals surface area contributed by atoms with E-state index in [4.69, 9.17) is 5.26 Å². The van der Waals surface area contributed by atoms with E-state index in [0.717, 1.165) is 18.4 Å². The zero-order valence-corrected chi connectivity index (χ0v) is 20.2. The first-order chi connectivity index (χ1) is 17.4. The molecule has 0 heterocycles. The van der Waals surface area contributed by atoms with Gasteiger partial charge in [-0.2, -0.15) is 5.26 Å². The molecule has 0 aliphatic heterocycles. The number of nitriles is 1. The van der Waals surface area contributed by atoms with E-state index in [9.17, 15) is 13.2 Å². The Balaban J connectivity index is 1.46. The van der Waals surface area contributed by atoms with Gasteiger partial charge < -0.3 is 0 Å². The van der Waals surface area contributed by atoms with Gasteiger partial charge in [-0.05, 0) is 90.4 Å². The van der Waals surface area contributed by atoms with Crippen LogP contribution in [0.15, 0.2) is 60.7 Å². The second-order valence-corrected chi connectivity index (χ2v) is 9.16. The molecule has 1 nitrogen and oxygen atoms in total. The SMILES string of the molecule is CCCCc1cc(F)c(CCc2ccc3c(F)c(CCc4ccc(C#N)c(F)c4)ccc3c2)c(F)c1. The fourth-order valence-electron chi connectivity index (χ4n) is 4.51. The lowest BCUT2D eigenvalue weighted by molar-refractivity contribution is 0.550. The molecule has 0 spiro atoms. The van der Waals surface area contributed by atoms with E-state index < -0.39 is 17.5 Å². The zero-order chi connectivity index (χ0) is 25.7. The zero-order valence-electron chi connectivity index (χ0n) is 20.2. The van der Waals surface area contributed by atoms with E-state index in [1.165, 1.54) is 24.3 Å². The summed E-state index contributed by atoms with van der Waals surface area (Å²) >= 11 is 0. The Morgan fingerprint density at radius 1 is 0.667 bits per heavy atom. The Hall–Kier alpha value is -3.65. The normalized spacial score (nSPS) is 11.1. The first kappa shape index (κ1) is 25.4. The lowest BCUT2D eigenvalue weighted by atomic mass is 9.96. The quantitative estimate of drug-likeness (QED) is 0.218. The van der Waals surface area contributed by atoms with Gasteiger partial charge in [-0.15, -0.1) is 0 Å². The van der Waals surface area contributed by atoms with Gasteiger partial charge in [0.15, 0.2) is 0 Å². The van der Waals surface area contributed by atoms with Crippen molar-refractivity contribution in [1.82, 2.24) is 0 Å². The first-order valence-electron chi connectivity index (χ1n) is 12.2. The molecule has 0 fully saturated rings. The molecule has 0 bridgehead atoms. The van der Waals surface area contributed by atoms with Crippen molar-refractivity contribution in [2.45, 2.75) is 51.9 Å². The highest BCUT2D eigenvalue weighted by Gasteiger charge is 2.13. The van der Waals surface area contributed by atoms with Crippen molar-refractivity contribution >= 4 is 10.8 Å². The van der Waals surface area contributed by atoms with Crippen LogP contribution in [0.5, 0.6) is 0 Å². The van der Waals surface area contributed by atoms with Crippen molar-refractivity contribution < 1.29 is 17.6 Å². The van der Waals surface area contributed by atoms with E-state index in [1.54, 1.807) is 30.3 Å². The smallest absolute Gasteiger partial charge is 0.141 e. The molecule has 5 heteroatoms. The maximum atomic E-state index is 15.2. The molecule has 0 aliphatic carbocycles. The molecule has 0 amide bonds. The first-order valence-corrected chi connectivity index (χ1v) is 12.2. The van der Waals surface area contributed by atoms with E-state index in [0.29, 0.717) is 53.1 Å². The summed E-state index contributed by atoms with van der Waals surface area (Å²) in [5, 5.41) is 10.0. The Labute approximate surface area is 209 Å². The second kappa shape index (κ2) is 11.4. The fourth-order valence-corrected chi connectivity index (χ4v) is 4.51. The van der Waals surface area contributed by atoms with Crippen LogP contribution in [0.2, 0.25) is 0 Å². The Kier molecular flexibility index (Phi) is 8.05. The van der Waals surface area contributed by atoms with Crippen molar-refractivity contribution in [1.29, 1.82) is 5.26 Å². The maximum absolute atomic E-state index is 15.2. The van der Waals surface area contributed by atoms with Crippen LogP contribution in [-0.2, 0) is 32.1 Å². The number of hydrogen-bond donors (Lipinski definition) is 0. The molecule has 0 N–H and O–H groups in total. The minimum absolute atomic E-state index is 0.0131. The third-order valence-electron chi connectivity index (χ3n) is 6.62. The minimum Gasteiger partial charge on any atom is -0.207 e. The predicted molar refractivity (Wildman–Crippen MR) is 135 cm³/mol. The van der Waals surface area contributed by atoms with E-state index in [1.807, 2.05) is 19.1 Å². The number of hydrogen-bond acceptors (Lipinski definition) is 1. The number of fused-ring (bicyclic) bond motifs is 1. The van der Waals surface area contributed by atoms with Crippen molar-refractivity contribution in [3.8, 4) is 6.07 Å². The summed E-state index contributed by atoms with van der Waals surface area (Å²) in [7, 11) is 0. The number of aryl methyl sites for hydroxylation is 4. The lowest BCUT2D eigenvalue weighted by Gasteiger charge is -2.11. The average Bonchev–Trinajstić information content (AvgIpc) is 2.86. The van der Waals surface area contributed by atoms with Crippen molar-refractivity contribution in [2.75, 3.05) is 0 Å². The lowest BCUT2D eigenvalue weighted by Crippen LogP contribution is -2.01. The molecule has 4 aromatic rings. The van der Waals surface area contributed by atoms with Crippen molar-refractivity contribution in [3.63, 3.8) is 0 Å². The largest absolute Gasteiger partial charge is 0.207 e. The van der Waals surface area contributed by atoms with Crippen LogP contribution in [0.4, 0.5) is 17.6 Å². The minimum atomic E-state index is -0.575. The second-order valence-electron chi connectivity index (χ2n) is 9.16. The van der Waals surface area contributed by atoms with E-state index >= 15 is 4.39 Å². The topological polar surface area (TPSA) is 23.8 Å². The van der Waals surface area contributed by atoms with Gasteiger partial charge in [0, 0.05) is 10.9 Å². The third-order valence-corrected chi connectivity index (χ3v) is 6.62. The Bertz CT molecular complexity index is 1410. The summed E-state index contributed by atoms with van der Waals surface area (Å²) in [6.45, 7) is 2.04. The number of rotatable bonds is 9. The number of halogens is 4. The molecule has 184 valence electrons. The van der Waals surface area contributed by atoms with Crippen LogP contribution in [-0.4, -0.2) is 0 Å². The molecular weight excluding hydrogens is 462 g/mol. The van der Waals surface area contributed by atoms with Crippen LogP contribution in [0.25, 0.3) is 10.8 Å². The average molecular weight is 490 g/mol. The summed E-state index contributed by atoms with van der Waals surface area (Å²) in [5.74, 6) is -1.93. The number of nitrogens with zero attached hydrogens (tertiary/aromatic N) is 1. The monoisotopic (exact) mass is 489 g/mol. The molecule has 0 radical (unpaired) electrons. The van der Waals surface area contributed by atoms with E-state index in [2.05, 4.69) is 0 Å². The highest BCUT2D eigenvalue weighted by atomic mass is 19.1. The van der Waals surface area contributed by atoms with Crippen molar-refractivity contribution in [2.24, 2.45) is 0 Å². The van der Waals surface area contributed by atoms with Gasteiger partial charge in [-0.1, -0.05) is 49.7 Å². The number of benzene rings is 4. The summed E-state index contributed by atoms with van der Waals surface area (Å²) < 4.78 is 58.1. The highest BCUT2D eigenvalue weighted by Crippen LogP contribution is 2.25. The third kappa shape index (κ3) is 5.76. The molecule has 0 aromatic heterocycles. The van der Waals surface area contributed by atoms with Gasteiger partial charge in [-0.3, -0.25) is 0 Å². The molecule has 0 unspecified atom stereocenters. The summed E-state index contributed by atoms with van der Waals surface area (Å²) in [5.41, 5.74) is 2.83. The molecule has 4 aromatic carbocycles. The summed E-state index contributed by atoms with van der Waals surface area (Å²) in [4.78, 5) is 0. The van der Waals surface area contributed by atoms with E-state index in [-0.39, 0.29) is 23.4 Å². The molecular formula is C31H27F4N. The molecule has 0 aliphatic rings. The number of unbranched alkanes of at least 4 members (excludes halogenated alkanes) is 1. The van der Waals surface area contributed by atoms with Crippen LogP contribution in [0.1, 0.15) is 53.1 Å². The highest BCUT2D eigenvalue weighted by molar-refractivity contribution is 5.84. The molecule has 0 saturated heterocycles. The fraction of sp³-hybridized carbons (Fsp3) is 0.258. The molecule has 36 heavy (non-hydrogen) atoms. The maximum Gasteiger partial charge on any atom is 0.141 e. The molecule has 4 rings (SSSR count). The molecule has 0 saturated carbocycles. The van der Waals surface area contributed by atoms with Crippen LogP contribution in [0.3, 0.4) is 0 Å². The molecule has 0 atom stereocenters.